The summed E-state index contributed by atoms with van der Waals surface area (Å²) >= 11 is 0. The summed E-state index contributed by atoms with van der Waals surface area (Å²) in [5.74, 6) is 1.88. The monoisotopic (exact) mass is 288 g/mol. The number of hydrogen-bond donors (Lipinski definition) is 3. The number of ether oxygens (including phenoxy) is 1. The number of aliphatic carboxylic acids is 1. The van der Waals surface area contributed by atoms with Crippen molar-refractivity contribution < 1.29 is 19.4 Å². The van der Waals surface area contributed by atoms with E-state index in [4.69, 9.17) is 16.3 Å². The molecule has 2 unspecified atom stereocenters. The van der Waals surface area contributed by atoms with Gasteiger partial charge in [0, 0.05) is 12.8 Å². The van der Waals surface area contributed by atoms with Crippen LogP contribution in [-0.2, 0) is 11.2 Å². The van der Waals surface area contributed by atoms with Crippen LogP contribution in [0.1, 0.15) is 12.0 Å². The molecule has 1 aliphatic rings. The highest BCUT2D eigenvalue weighted by Crippen LogP contribution is 2.27. The lowest BCUT2D eigenvalue weighted by Crippen LogP contribution is -2.48. The van der Waals surface area contributed by atoms with Crippen molar-refractivity contribution >= 4 is 12.0 Å². The molecule has 6 heteroatoms. The Hall–Kier alpha value is -2.68. The Bertz CT molecular complexity index is 554. The first-order valence-electron chi connectivity index (χ1n) is 6.55. The zero-order valence-corrected chi connectivity index (χ0v) is 11.3. The summed E-state index contributed by atoms with van der Waals surface area (Å²) in [6.45, 7) is 0.295. The van der Waals surface area contributed by atoms with Crippen LogP contribution in [0.3, 0.4) is 0 Å². The van der Waals surface area contributed by atoms with Crippen LogP contribution in [0.5, 0.6) is 5.75 Å². The quantitative estimate of drug-likeness (QED) is 0.698. The van der Waals surface area contributed by atoms with Gasteiger partial charge in [0.25, 0.3) is 0 Å². The number of benzene rings is 1. The van der Waals surface area contributed by atoms with E-state index >= 15 is 0 Å². The first-order valence-corrected chi connectivity index (χ1v) is 6.55. The Morgan fingerprint density at radius 1 is 1.48 bits per heavy atom. The van der Waals surface area contributed by atoms with E-state index in [0.29, 0.717) is 13.0 Å². The maximum atomic E-state index is 11.7. The molecular formula is C15H16N2O4. The first-order chi connectivity index (χ1) is 10.1. The molecule has 0 fully saturated rings. The van der Waals surface area contributed by atoms with E-state index in [1.165, 1.54) is 0 Å². The predicted molar refractivity (Wildman–Crippen MR) is 76.0 cm³/mol. The van der Waals surface area contributed by atoms with Crippen LogP contribution >= 0.6 is 0 Å². The summed E-state index contributed by atoms with van der Waals surface area (Å²) in [7, 11) is 0. The fourth-order valence-corrected chi connectivity index (χ4v) is 2.10. The van der Waals surface area contributed by atoms with Crippen molar-refractivity contribution in [1.82, 2.24) is 10.6 Å². The van der Waals surface area contributed by atoms with Gasteiger partial charge >= 0.3 is 12.0 Å². The van der Waals surface area contributed by atoms with Gasteiger partial charge in [0.2, 0.25) is 0 Å². The topological polar surface area (TPSA) is 87.7 Å². The molecule has 3 N–H and O–H groups in total. The molecule has 6 nitrogen and oxygen atoms in total. The lowest BCUT2D eigenvalue weighted by Gasteiger charge is -2.15. The van der Waals surface area contributed by atoms with Crippen LogP contribution in [0.2, 0.25) is 0 Å². The summed E-state index contributed by atoms with van der Waals surface area (Å²) in [4.78, 5) is 22.5. The number of carboxylic acid groups (broad SMARTS) is 1. The molecule has 1 aliphatic heterocycles. The molecule has 2 atom stereocenters. The molecule has 2 amide bonds. The SMILES string of the molecule is C#CCC(NC(=O)NCC1Cc2ccccc2O1)C(=O)O. The average molecular weight is 288 g/mol. The van der Waals surface area contributed by atoms with E-state index in [0.717, 1.165) is 11.3 Å². The molecule has 110 valence electrons. The first kappa shape index (κ1) is 14.7. The summed E-state index contributed by atoms with van der Waals surface area (Å²) in [5.41, 5.74) is 1.10. The number of carboxylic acids is 1. The van der Waals surface area contributed by atoms with E-state index in [9.17, 15) is 9.59 Å². The minimum Gasteiger partial charge on any atom is -0.488 e. The zero-order valence-electron chi connectivity index (χ0n) is 11.3. The normalized spacial score (nSPS) is 17.0. The second kappa shape index (κ2) is 6.66. The van der Waals surface area contributed by atoms with Crippen molar-refractivity contribution in [3.8, 4) is 18.1 Å². The number of rotatable bonds is 5. The molecule has 0 saturated carbocycles. The van der Waals surface area contributed by atoms with Gasteiger partial charge in [0.05, 0.1) is 6.54 Å². The second-order valence-corrected chi connectivity index (χ2v) is 4.71. The maximum Gasteiger partial charge on any atom is 0.327 e. The van der Waals surface area contributed by atoms with Crippen LogP contribution in [0, 0.1) is 12.3 Å². The van der Waals surface area contributed by atoms with Crippen molar-refractivity contribution in [2.75, 3.05) is 6.54 Å². The molecule has 0 spiro atoms. The van der Waals surface area contributed by atoms with E-state index in [1.807, 2.05) is 24.3 Å². The standard InChI is InChI=1S/C15H16N2O4/c1-2-5-12(14(18)19)17-15(20)16-9-11-8-10-6-3-4-7-13(10)21-11/h1,3-4,6-7,11-12H,5,8-9H2,(H,18,19)(H2,16,17,20). The molecule has 1 heterocycles. The van der Waals surface area contributed by atoms with Crippen LogP contribution < -0.4 is 15.4 Å². The van der Waals surface area contributed by atoms with Gasteiger partial charge in [-0.3, -0.25) is 0 Å². The molecule has 0 saturated heterocycles. The molecule has 0 radical (unpaired) electrons. The fraction of sp³-hybridized carbons (Fsp3) is 0.333. The maximum absolute atomic E-state index is 11.7. The van der Waals surface area contributed by atoms with Gasteiger partial charge in [-0.25, -0.2) is 9.59 Å². The average Bonchev–Trinajstić information content (AvgIpc) is 2.87. The molecule has 0 aliphatic carbocycles. The summed E-state index contributed by atoms with van der Waals surface area (Å²) in [6, 6.07) is 6.01. The third kappa shape index (κ3) is 3.89. The molecule has 21 heavy (non-hydrogen) atoms. The van der Waals surface area contributed by atoms with E-state index in [-0.39, 0.29) is 12.5 Å². The second-order valence-electron chi connectivity index (χ2n) is 4.71. The van der Waals surface area contributed by atoms with Crippen LogP contribution in [0.25, 0.3) is 0 Å². The largest absolute Gasteiger partial charge is 0.488 e. The zero-order chi connectivity index (χ0) is 15.2. The van der Waals surface area contributed by atoms with Gasteiger partial charge in [-0.2, -0.15) is 0 Å². The number of para-hydroxylation sites is 1. The molecule has 1 aromatic carbocycles. The van der Waals surface area contributed by atoms with Gasteiger partial charge in [0.1, 0.15) is 17.9 Å². The van der Waals surface area contributed by atoms with Crippen LogP contribution in [0.4, 0.5) is 4.79 Å². The van der Waals surface area contributed by atoms with Crippen molar-refractivity contribution in [1.29, 1.82) is 0 Å². The summed E-state index contributed by atoms with van der Waals surface area (Å²) < 4.78 is 5.67. The van der Waals surface area contributed by atoms with Crippen molar-refractivity contribution in [2.24, 2.45) is 0 Å². The Labute approximate surface area is 122 Å². The van der Waals surface area contributed by atoms with E-state index in [1.54, 1.807) is 0 Å². The highest BCUT2D eigenvalue weighted by atomic mass is 16.5. The highest BCUT2D eigenvalue weighted by Gasteiger charge is 2.24. The Morgan fingerprint density at radius 2 is 2.24 bits per heavy atom. The Balaban J connectivity index is 1.78. The number of amides is 2. The number of carbonyl (C=O) groups is 2. The van der Waals surface area contributed by atoms with Gasteiger partial charge in [-0.1, -0.05) is 18.2 Å². The van der Waals surface area contributed by atoms with Gasteiger partial charge in [0.15, 0.2) is 0 Å². The molecule has 2 rings (SSSR count). The lowest BCUT2D eigenvalue weighted by molar-refractivity contribution is -0.139. The third-order valence-electron chi connectivity index (χ3n) is 3.13. The van der Waals surface area contributed by atoms with Crippen molar-refractivity contribution in [3.63, 3.8) is 0 Å². The van der Waals surface area contributed by atoms with Crippen LogP contribution in [0.15, 0.2) is 24.3 Å². The minimum absolute atomic E-state index is 0.0614. The molecule has 1 aromatic rings. The number of urea groups is 1. The third-order valence-corrected chi connectivity index (χ3v) is 3.13. The Kier molecular flexibility index (Phi) is 4.67. The van der Waals surface area contributed by atoms with Crippen molar-refractivity contribution in [2.45, 2.75) is 25.0 Å². The number of nitrogens with one attached hydrogen (secondary N) is 2. The summed E-state index contributed by atoms with van der Waals surface area (Å²) in [6.07, 6.45) is 5.56. The molecule has 0 bridgehead atoms. The lowest BCUT2D eigenvalue weighted by atomic mass is 10.1. The smallest absolute Gasteiger partial charge is 0.327 e. The summed E-state index contributed by atoms with van der Waals surface area (Å²) in [5, 5.41) is 13.8. The minimum atomic E-state index is -1.16. The number of terminal acetylenes is 1. The highest BCUT2D eigenvalue weighted by molar-refractivity contribution is 5.82. The van der Waals surface area contributed by atoms with Gasteiger partial charge in [-0.05, 0) is 11.6 Å². The van der Waals surface area contributed by atoms with Crippen LogP contribution in [-0.4, -0.2) is 35.8 Å². The van der Waals surface area contributed by atoms with Gasteiger partial charge < -0.3 is 20.5 Å². The van der Waals surface area contributed by atoms with E-state index in [2.05, 4.69) is 16.6 Å². The van der Waals surface area contributed by atoms with Gasteiger partial charge in [-0.15, -0.1) is 12.3 Å². The van der Waals surface area contributed by atoms with Crippen molar-refractivity contribution in [3.05, 3.63) is 29.8 Å². The predicted octanol–water partition coefficient (Wildman–Crippen LogP) is 0.766. The molecule has 0 aromatic heterocycles. The Morgan fingerprint density at radius 3 is 2.90 bits per heavy atom. The molecular weight excluding hydrogens is 272 g/mol. The van der Waals surface area contributed by atoms with E-state index < -0.39 is 18.0 Å². The number of hydrogen-bond acceptors (Lipinski definition) is 3. The fourth-order valence-electron chi connectivity index (χ4n) is 2.10. The number of carbonyl (C=O) groups excluding carboxylic acids is 1. The number of fused-ring (bicyclic) bond motifs is 1.